The minimum atomic E-state index is -0.192. The molecule has 0 N–H and O–H groups in total. The Balaban J connectivity index is 2.47. The molecule has 1 aliphatic rings. The molecule has 0 aliphatic heterocycles. The molecule has 18 heavy (non-hydrogen) atoms. The SMILES string of the molecule is COC(=O)CCCC(C)C1CCCC(=O)C1(C)C. The van der Waals surface area contributed by atoms with Crippen LogP contribution in [-0.2, 0) is 14.3 Å². The molecule has 0 aromatic heterocycles. The van der Waals surface area contributed by atoms with Crippen LogP contribution in [0.1, 0.15) is 59.3 Å². The van der Waals surface area contributed by atoms with E-state index in [9.17, 15) is 9.59 Å². The summed E-state index contributed by atoms with van der Waals surface area (Å²) in [5, 5.41) is 0. The first-order valence-corrected chi connectivity index (χ1v) is 6.99. The second-order valence-corrected chi connectivity index (χ2v) is 6.09. The Morgan fingerprint density at radius 3 is 2.78 bits per heavy atom. The Hall–Kier alpha value is -0.860. The van der Waals surface area contributed by atoms with Crippen LogP contribution in [0, 0.1) is 17.3 Å². The molecule has 2 atom stereocenters. The van der Waals surface area contributed by atoms with Crippen LogP contribution in [0.25, 0.3) is 0 Å². The number of hydrogen-bond acceptors (Lipinski definition) is 3. The maximum atomic E-state index is 12.0. The van der Waals surface area contributed by atoms with Gasteiger partial charge in [-0.1, -0.05) is 20.8 Å². The maximum absolute atomic E-state index is 12.0. The lowest BCUT2D eigenvalue weighted by Gasteiger charge is -2.41. The number of ketones is 1. The van der Waals surface area contributed by atoms with Gasteiger partial charge in [0, 0.05) is 18.3 Å². The Morgan fingerprint density at radius 1 is 1.50 bits per heavy atom. The Kier molecular flexibility index (Phi) is 5.36. The summed E-state index contributed by atoms with van der Waals surface area (Å²) in [6.07, 6.45) is 5.23. The molecule has 0 aromatic rings. The molecule has 3 heteroatoms. The molecule has 0 aromatic carbocycles. The Morgan fingerprint density at radius 2 is 2.17 bits per heavy atom. The van der Waals surface area contributed by atoms with Crippen LogP contribution in [0.4, 0.5) is 0 Å². The summed E-state index contributed by atoms with van der Waals surface area (Å²) in [6, 6.07) is 0. The van der Waals surface area contributed by atoms with Gasteiger partial charge in [0.15, 0.2) is 0 Å². The minimum Gasteiger partial charge on any atom is -0.469 e. The third-order valence-electron chi connectivity index (χ3n) is 4.52. The number of methoxy groups -OCH3 is 1. The smallest absolute Gasteiger partial charge is 0.305 e. The standard InChI is InChI=1S/C15H26O3/c1-11(7-5-10-14(17)18-4)12-8-6-9-13(16)15(12,2)3/h11-12H,5-10H2,1-4H3. The molecule has 1 rings (SSSR count). The van der Waals surface area contributed by atoms with Crippen LogP contribution < -0.4 is 0 Å². The predicted molar refractivity (Wildman–Crippen MR) is 71.2 cm³/mol. The third-order valence-corrected chi connectivity index (χ3v) is 4.52. The van der Waals surface area contributed by atoms with E-state index in [2.05, 4.69) is 25.5 Å². The molecular formula is C15H26O3. The maximum Gasteiger partial charge on any atom is 0.305 e. The first kappa shape index (κ1) is 15.2. The van der Waals surface area contributed by atoms with Crippen LogP contribution in [0.15, 0.2) is 0 Å². The normalized spacial score (nSPS) is 24.7. The third kappa shape index (κ3) is 3.56. The lowest BCUT2D eigenvalue weighted by atomic mass is 9.63. The van der Waals surface area contributed by atoms with Crippen molar-refractivity contribution in [2.45, 2.75) is 59.3 Å². The molecule has 104 valence electrons. The van der Waals surface area contributed by atoms with Crippen molar-refractivity contribution in [3.05, 3.63) is 0 Å². The van der Waals surface area contributed by atoms with Crippen molar-refractivity contribution in [3.63, 3.8) is 0 Å². The van der Waals surface area contributed by atoms with Crippen molar-refractivity contribution in [2.75, 3.05) is 7.11 Å². The molecule has 0 bridgehead atoms. The number of esters is 1. The van der Waals surface area contributed by atoms with Gasteiger partial charge in [0.1, 0.15) is 5.78 Å². The van der Waals surface area contributed by atoms with Gasteiger partial charge in [0.25, 0.3) is 0 Å². The second-order valence-electron chi connectivity index (χ2n) is 6.09. The van der Waals surface area contributed by atoms with Crippen LogP contribution in [0.3, 0.4) is 0 Å². The monoisotopic (exact) mass is 254 g/mol. The summed E-state index contributed by atoms with van der Waals surface area (Å²) in [5.74, 6) is 1.21. The van der Waals surface area contributed by atoms with E-state index in [0.29, 0.717) is 24.0 Å². The molecule has 1 saturated carbocycles. The fraction of sp³-hybridized carbons (Fsp3) is 0.867. The molecule has 0 saturated heterocycles. The highest BCUT2D eigenvalue weighted by Crippen LogP contribution is 2.43. The van der Waals surface area contributed by atoms with E-state index in [1.54, 1.807) is 0 Å². The molecular weight excluding hydrogens is 228 g/mol. The van der Waals surface area contributed by atoms with Gasteiger partial charge >= 0.3 is 5.97 Å². The lowest BCUT2D eigenvalue weighted by molar-refractivity contribution is -0.141. The van der Waals surface area contributed by atoms with E-state index in [-0.39, 0.29) is 11.4 Å². The lowest BCUT2D eigenvalue weighted by Crippen LogP contribution is -2.40. The molecule has 0 radical (unpaired) electrons. The van der Waals surface area contributed by atoms with E-state index in [4.69, 9.17) is 0 Å². The van der Waals surface area contributed by atoms with E-state index >= 15 is 0 Å². The summed E-state index contributed by atoms with van der Waals surface area (Å²) in [7, 11) is 1.43. The quantitative estimate of drug-likeness (QED) is 0.706. The molecule has 3 nitrogen and oxygen atoms in total. The highest BCUT2D eigenvalue weighted by atomic mass is 16.5. The van der Waals surface area contributed by atoms with Crippen LogP contribution in [-0.4, -0.2) is 18.9 Å². The highest BCUT2D eigenvalue weighted by Gasteiger charge is 2.41. The first-order valence-electron chi connectivity index (χ1n) is 6.99. The number of rotatable bonds is 5. The largest absolute Gasteiger partial charge is 0.469 e. The van der Waals surface area contributed by atoms with Gasteiger partial charge in [-0.15, -0.1) is 0 Å². The minimum absolute atomic E-state index is 0.138. The average Bonchev–Trinajstić information content (AvgIpc) is 2.32. The molecule has 1 aliphatic carbocycles. The van der Waals surface area contributed by atoms with Crippen LogP contribution in [0.5, 0.6) is 0 Å². The van der Waals surface area contributed by atoms with Gasteiger partial charge in [-0.2, -0.15) is 0 Å². The predicted octanol–water partition coefficient (Wildman–Crippen LogP) is 3.36. The van der Waals surface area contributed by atoms with Crippen LogP contribution in [0.2, 0.25) is 0 Å². The molecule has 2 unspecified atom stereocenters. The fourth-order valence-corrected chi connectivity index (χ4v) is 3.24. The zero-order chi connectivity index (χ0) is 13.8. The summed E-state index contributed by atoms with van der Waals surface area (Å²) < 4.78 is 4.64. The second kappa shape index (κ2) is 6.35. The van der Waals surface area contributed by atoms with E-state index in [0.717, 1.165) is 32.1 Å². The van der Waals surface area contributed by atoms with E-state index < -0.39 is 0 Å². The zero-order valence-corrected chi connectivity index (χ0v) is 12.1. The number of ether oxygens (including phenoxy) is 1. The highest BCUT2D eigenvalue weighted by molar-refractivity contribution is 5.85. The van der Waals surface area contributed by atoms with Crippen molar-refractivity contribution >= 4 is 11.8 Å². The van der Waals surface area contributed by atoms with Crippen molar-refractivity contribution in [1.29, 1.82) is 0 Å². The van der Waals surface area contributed by atoms with Crippen molar-refractivity contribution < 1.29 is 14.3 Å². The summed E-state index contributed by atoms with van der Waals surface area (Å²) >= 11 is 0. The van der Waals surface area contributed by atoms with E-state index in [1.165, 1.54) is 7.11 Å². The summed E-state index contributed by atoms with van der Waals surface area (Å²) in [6.45, 7) is 6.37. The number of hydrogen-bond donors (Lipinski definition) is 0. The van der Waals surface area contributed by atoms with Crippen LogP contribution >= 0.6 is 0 Å². The van der Waals surface area contributed by atoms with Crippen molar-refractivity contribution in [3.8, 4) is 0 Å². The van der Waals surface area contributed by atoms with Gasteiger partial charge in [0.05, 0.1) is 7.11 Å². The fourth-order valence-electron chi connectivity index (χ4n) is 3.24. The van der Waals surface area contributed by atoms with Gasteiger partial charge in [-0.05, 0) is 37.5 Å². The van der Waals surface area contributed by atoms with Gasteiger partial charge in [-0.3, -0.25) is 9.59 Å². The number of carbonyl (C=O) groups excluding carboxylic acids is 2. The average molecular weight is 254 g/mol. The summed E-state index contributed by atoms with van der Waals surface area (Å²) in [4.78, 5) is 23.1. The molecule has 0 heterocycles. The number of carbonyl (C=O) groups is 2. The molecule has 0 amide bonds. The van der Waals surface area contributed by atoms with E-state index in [1.807, 2.05) is 0 Å². The summed E-state index contributed by atoms with van der Waals surface area (Å²) in [5.41, 5.74) is -0.192. The number of Topliss-reactive ketones (excluding diaryl/α,β-unsaturated/α-hetero) is 1. The van der Waals surface area contributed by atoms with Crippen molar-refractivity contribution in [2.24, 2.45) is 17.3 Å². The molecule has 0 spiro atoms. The Bertz CT molecular complexity index is 307. The van der Waals surface area contributed by atoms with Gasteiger partial charge in [0.2, 0.25) is 0 Å². The van der Waals surface area contributed by atoms with Gasteiger partial charge in [-0.25, -0.2) is 0 Å². The topological polar surface area (TPSA) is 43.4 Å². The Labute approximate surface area is 110 Å². The van der Waals surface area contributed by atoms with Crippen molar-refractivity contribution in [1.82, 2.24) is 0 Å². The zero-order valence-electron chi connectivity index (χ0n) is 12.1. The molecule has 1 fully saturated rings. The first-order chi connectivity index (χ1) is 8.39. The van der Waals surface area contributed by atoms with Gasteiger partial charge < -0.3 is 4.74 Å².